The molecule has 0 aliphatic carbocycles. The predicted molar refractivity (Wildman–Crippen MR) is 129 cm³/mol. The van der Waals surface area contributed by atoms with Gasteiger partial charge in [0, 0.05) is 43.5 Å². The number of carbonyl (C=O) groups is 1. The Hall–Kier alpha value is -3.65. The maximum absolute atomic E-state index is 13.5. The minimum Gasteiger partial charge on any atom is -0.497 e. The number of nitrogens with zero attached hydrogens (tertiary/aromatic N) is 4. The highest BCUT2D eigenvalue weighted by Gasteiger charge is 2.19. The van der Waals surface area contributed by atoms with Crippen LogP contribution >= 0.6 is 0 Å². The zero-order valence-electron chi connectivity index (χ0n) is 19.2. The summed E-state index contributed by atoms with van der Waals surface area (Å²) in [5.41, 5.74) is 3.41. The molecule has 0 spiro atoms. The summed E-state index contributed by atoms with van der Waals surface area (Å²) < 4.78 is 12.2. The number of hydrogen-bond acceptors (Lipinski definition) is 7. The number of benzene rings is 2. The van der Waals surface area contributed by atoms with Crippen molar-refractivity contribution in [3.05, 3.63) is 64.4 Å². The van der Waals surface area contributed by atoms with E-state index in [9.17, 15) is 9.59 Å². The van der Waals surface area contributed by atoms with Crippen LogP contribution in [0.2, 0.25) is 0 Å². The molecule has 1 fully saturated rings. The first kappa shape index (κ1) is 22.5. The summed E-state index contributed by atoms with van der Waals surface area (Å²) in [6.07, 6.45) is 0.758. The fraction of sp³-hybridized carbons (Fsp3) is 0.320. The number of anilines is 2. The molecule has 8 heteroatoms. The lowest BCUT2D eigenvalue weighted by Gasteiger charge is -2.29. The van der Waals surface area contributed by atoms with E-state index in [4.69, 9.17) is 9.47 Å². The molecule has 0 bridgehead atoms. The molecule has 8 nitrogen and oxygen atoms in total. The van der Waals surface area contributed by atoms with Crippen LogP contribution in [-0.4, -0.2) is 63.1 Å². The molecule has 4 rings (SSSR count). The molecule has 33 heavy (non-hydrogen) atoms. The van der Waals surface area contributed by atoms with Crippen molar-refractivity contribution in [1.29, 1.82) is 0 Å². The minimum atomic E-state index is -0.284. The van der Waals surface area contributed by atoms with Crippen LogP contribution < -0.4 is 20.1 Å². The van der Waals surface area contributed by atoms with Crippen molar-refractivity contribution in [2.75, 3.05) is 56.8 Å². The molecule has 0 unspecified atom stereocenters. The Balaban J connectivity index is 1.92. The van der Waals surface area contributed by atoms with E-state index >= 15 is 0 Å². The Morgan fingerprint density at radius 1 is 1.15 bits per heavy atom. The van der Waals surface area contributed by atoms with Crippen molar-refractivity contribution in [1.82, 2.24) is 9.78 Å². The topological polar surface area (TPSA) is 76.9 Å². The van der Waals surface area contributed by atoms with Gasteiger partial charge in [-0.2, -0.15) is 9.78 Å². The van der Waals surface area contributed by atoms with Crippen LogP contribution in [0.4, 0.5) is 11.4 Å². The van der Waals surface area contributed by atoms with Gasteiger partial charge in [-0.05, 0) is 43.3 Å². The number of aromatic nitrogens is 2. The normalized spacial score (nSPS) is 13.6. The quantitative estimate of drug-likeness (QED) is 0.514. The van der Waals surface area contributed by atoms with Crippen molar-refractivity contribution >= 4 is 17.7 Å². The number of carbonyl (C=O) groups excluding carboxylic acids is 1. The third-order valence-corrected chi connectivity index (χ3v) is 5.89. The van der Waals surface area contributed by atoms with Gasteiger partial charge < -0.3 is 19.3 Å². The second-order valence-electron chi connectivity index (χ2n) is 7.84. The molecular weight excluding hydrogens is 420 g/mol. The fourth-order valence-electron chi connectivity index (χ4n) is 3.85. The van der Waals surface area contributed by atoms with Crippen molar-refractivity contribution in [3.8, 4) is 22.7 Å². The van der Waals surface area contributed by atoms with Crippen LogP contribution in [0.5, 0.6) is 5.75 Å². The molecule has 0 radical (unpaired) electrons. The average molecular weight is 449 g/mol. The molecule has 1 aliphatic heterocycles. The van der Waals surface area contributed by atoms with Crippen LogP contribution in [0.15, 0.2) is 53.3 Å². The lowest BCUT2D eigenvalue weighted by atomic mass is 10.1. The Labute approximate surface area is 193 Å². The predicted octanol–water partition coefficient (Wildman–Crippen LogP) is 3.01. The van der Waals surface area contributed by atoms with Crippen LogP contribution in [0.3, 0.4) is 0 Å². The van der Waals surface area contributed by atoms with Crippen molar-refractivity contribution in [2.24, 2.45) is 0 Å². The van der Waals surface area contributed by atoms with Crippen molar-refractivity contribution < 1.29 is 14.3 Å². The summed E-state index contributed by atoms with van der Waals surface area (Å²) in [5, 5.41) is 4.68. The Kier molecular flexibility index (Phi) is 6.74. The number of aldehydes is 1. The zero-order valence-corrected chi connectivity index (χ0v) is 19.2. The van der Waals surface area contributed by atoms with Gasteiger partial charge in [0.2, 0.25) is 0 Å². The van der Waals surface area contributed by atoms with E-state index in [2.05, 4.69) is 10.00 Å². The minimum absolute atomic E-state index is 0.284. The third-order valence-electron chi connectivity index (χ3n) is 5.89. The number of hydrogen-bond donors (Lipinski definition) is 0. The number of rotatable bonds is 7. The highest BCUT2D eigenvalue weighted by atomic mass is 16.5. The number of morpholine rings is 1. The van der Waals surface area contributed by atoms with Gasteiger partial charge in [0.1, 0.15) is 11.4 Å². The van der Waals surface area contributed by atoms with E-state index in [0.29, 0.717) is 48.1 Å². The van der Waals surface area contributed by atoms with Crippen molar-refractivity contribution in [3.63, 3.8) is 0 Å². The fourth-order valence-corrected chi connectivity index (χ4v) is 3.85. The molecular formula is C25H28N4O4. The largest absolute Gasteiger partial charge is 0.497 e. The van der Waals surface area contributed by atoms with E-state index in [0.717, 1.165) is 30.6 Å². The summed E-state index contributed by atoms with van der Waals surface area (Å²) in [4.78, 5) is 29.5. The van der Waals surface area contributed by atoms with E-state index < -0.39 is 0 Å². The van der Waals surface area contributed by atoms with Crippen LogP contribution in [0, 0.1) is 0 Å². The molecule has 1 aliphatic rings. The summed E-state index contributed by atoms with van der Waals surface area (Å²) in [5.74, 6) is 0.695. The Morgan fingerprint density at radius 2 is 1.94 bits per heavy atom. The molecule has 1 saturated heterocycles. The molecule has 0 saturated carbocycles. The third kappa shape index (κ3) is 4.61. The highest BCUT2D eigenvalue weighted by Crippen LogP contribution is 2.26. The van der Waals surface area contributed by atoms with Gasteiger partial charge in [0.25, 0.3) is 5.56 Å². The molecule has 172 valence electrons. The summed E-state index contributed by atoms with van der Waals surface area (Å²) >= 11 is 0. The van der Waals surface area contributed by atoms with Gasteiger partial charge in [-0.1, -0.05) is 12.1 Å². The summed E-state index contributed by atoms with van der Waals surface area (Å²) in [6.45, 7) is 5.39. The second kappa shape index (κ2) is 9.87. The summed E-state index contributed by atoms with van der Waals surface area (Å²) in [6, 6.07) is 14.8. The number of ether oxygens (including phenoxy) is 2. The standard InChI is InChI=1S/C25H28N4O4/c1-4-27(2)24-16-22(18-6-5-7-21(14-18)32-3)26-29(25(24)31)23-15-20(9-8-19(23)17-30)28-10-12-33-13-11-28/h5-9,14-17H,4,10-13H2,1-3H3. The van der Waals surface area contributed by atoms with E-state index in [1.165, 1.54) is 4.68 Å². The van der Waals surface area contributed by atoms with Gasteiger partial charge in [-0.15, -0.1) is 0 Å². The molecule has 0 N–H and O–H groups in total. The van der Waals surface area contributed by atoms with Gasteiger partial charge in [-0.3, -0.25) is 9.59 Å². The summed E-state index contributed by atoms with van der Waals surface area (Å²) in [7, 11) is 3.47. The smallest absolute Gasteiger partial charge is 0.295 e. The number of methoxy groups -OCH3 is 1. The monoisotopic (exact) mass is 448 g/mol. The lowest BCUT2D eigenvalue weighted by Crippen LogP contribution is -2.36. The first-order chi connectivity index (χ1) is 16.0. The Morgan fingerprint density at radius 3 is 2.64 bits per heavy atom. The van der Waals surface area contributed by atoms with Gasteiger partial charge in [0.05, 0.1) is 31.7 Å². The van der Waals surface area contributed by atoms with Crippen molar-refractivity contribution in [2.45, 2.75) is 6.92 Å². The Bertz CT molecular complexity index is 1200. The molecule has 2 heterocycles. The lowest BCUT2D eigenvalue weighted by molar-refractivity contribution is 0.112. The van der Waals surface area contributed by atoms with Gasteiger partial charge >= 0.3 is 0 Å². The van der Waals surface area contributed by atoms with E-state index in [-0.39, 0.29) is 5.56 Å². The molecule has 3 aromatic rings. The first-order valence-corrected chi connectivity index (χ1v) is 11.0. The molecule has 2 aromatic carbocycles. The zero-order chi connectivity index (χ0) is 23.4. The molecule has 1 aromatic heterocycles. The molecule has 0 atom stereocenters. The average Bonchev–Trinajstić information content (AvgIpc) is 2.88. The van der Waals surface area contributed by atoms with Crippen LogP contribution in [0.1, 0.15) is 17.3 Å². The van der Waals surface area contributed by atoms with Gasteiger partial charge in [-0.25, -0.2) is 0 Å². The maximum atomic E-state index is 13.5. The van der Waals surface area contributed by atoms with E-state index in [1.807, 2.05) is 55.3 Å². The van der Waals surface area contributed by atoms with Crippen LogP contribution in [-0.2, 0) is 4.74 Å². The van der Waals surface area contributed by atoms with Crippen LogP contribution in [0.25, 0.3) is 16.9 Å². The van der Waals surface area contributed by atoms with Gasteiger partial charge in [0.15, 0.2) is 6.29 Å². The van der Waals surface area contributed by atoms with E-state index in [1.54, 1.807) is 19.2 Å². The first-order valence-electron chi connectivity index (χ1n) is 11.0. The SMILES string of the molecule is CCN(C)c1cc(-c2cccc(OC)c2)nn(-c2cc(N3CCOCC3)ccc2C=O)c1=O. The maximum Gasteiger partial charge on any atom is 0.295 e. The molecule has 0 amide bonds. The highest BCUT2D eigenvalue weighted by molar-refractivity contribution is 5.82. The second-order valence-corrected chi connectivity index (χ2v) is 7.84.